The second kappa shape index (κ2) is 3.41. The Labute approximate surface area is 94.0 Å². The van der Waals surface area contributed by atoms with Gasteiger partial charge in [-0.05, 0) is 40.5 Å². The monoisotopic (exact) mass is 271 g/mol. The molecular formula is C10H7BrClNO. The summed E-state index contributed by atoms with van der Waals surface area (Å²) in [6, 6.07) is 3.56. The van der Waals surface area contributed by atoms with E-state index in [2.05, 4.69) is 20.9 Å². The minimum Gasteiger partial charge on any atom is -0.360 e. The van der Waals surface area contributed by atoms with Crippen molar-refractivity contribution >= 4 is 38.4 Å². The van der Waals surface area contributed by atoms with Crippen LogP contribution >= 0.6 is 27.5 Å². The third-order valence-corrected chi connectivity index (χ3v) is 3.11. The molecule has 0 saturated carbocycles. The molecule has 0 aliphatic heterocycles. The van der Waals surface area contributed by atoms with Crippen molar-refractivity contribution in [3.05, 3.63) is 43.6 Å². The Hall–Kier alpha value is -0.800. The number of hydrogen-bond donors (Lipinski definition) is 1. The van der Waals surface area contributed by atoms with Crippen molar-refractivity contribution < 1.29 is 0 Å². The highest BCUT2D eigenvalue weighted by Crippen LogP contribution is 2.20. The van der Waals surface area contributed by atoms with Crippen LogP contribution in [-0.4, -0.2) is 4.98 Å². The molecule has 0 radical (unpaired) electrons. The van der Waals surface area contributed by atoms with Crippen LogP contribution in [-0.2, 0) is 0 Å². The average Bonchev–Trinajstić information content (AvgIpc) is 2.15. The van der Waals surface area contributed by atoms with Gasteiger partial charge in [-0.1, -0.05) is 11.6 Å². The van der Waals surface area contributed by atoms with Crippen LogP contribution in [0.2, 0.25) is 5.02 Å². The Morgan fingerprint density at radius 2 is 2.14 bits per heavy atom. The van der Waals surface area contributed by atoms with E-state index in [4.69, 9.17) is 11.6 Å². The lowest BCUT2D eigenvalue weighted by atomic mass is 10.1. The van der Waals surface area contributed by atoms with Crippen molar-refractivity contribution in [2.45, 2.75) is 6.92 Å². The summed E-state index contributed by atoms with van der Waals surface area (Å²) in [5.41, 5.74) is 1.65. The zero-order valence-electron chi connectivity index (χ0n) is 7.40. The predicted octanol–water partition coefficient (Wildman–Crippen LogP) is 3.25. The lowest BCUT2D eigenvalue weighted by Gasteiger charge is -2.02. The molecule has 1 aromatic heterocycles. The normalized spacial score (nSPS) is 10.8. The SMILES string of the molecule is Cc1cc2c(=O)c(Br)c[nH]c2cc1Cl. The van der Waals surface area contributed by atoms with Gasteiger partial charge in [-0.3, -0.25) is 4.79 Å². The van der Waals surface area contributed by atoms with E-state index in [0.717, 1.165) is 11.1 Å². The fourth-order valence-electron chi connectivity index (χ4n) is 1.32. The van der Waals surface area contributed by atoms with E-state index >= 15 is 0 Å². The Kier molecular flexibility index (Phi) is 2.37. The molecule has 72 valence electrons. The maximum atomic E-state index is 11.7. The third-order valence-electron chi connectivity index (χ3n) is 2.11. The molecule has 4 heteroatoms. The Bertz CT molecular complexity index is 562. The molecular weight excluding hydrogens is 265 g/mol. The molecule has 0 amide bonds. The molecule has 0 bridgehead atoms. The van der Waals surface area contributed by atoms with Gasteiger partial charge >= 0.3 is 0 Å². The van der Waals surface area contributed by atoms with Crippen molar-refractivity contribution in [3.8, 4) is 0 Å². The van der Waals surface area contributed by atoms with Crippen LogP contribution in [0.1, 0.15) is 5.56 Å². The Balaban J connectivity index is 2.97. The lowest BCUT2D eigenvalue weighted by Crippen LogP contribution is -2.03. The van der Waals surface area contributed by atoms with Crippen LogP contribution in [0.25, 0.3) is 10.9 Å². The summed E-state index contributed by atoms with van der Waals surface area (Å²) in [6.45, 7) is 1.88. The van der Waals surface area contributed by atoms with Gasteiger partial charge in [-0.25, -0.2) is 0 Å². The van der Waals surface area contributed by atoms with Crippen LogP contribution in [0.3, 0.4) is 0 Å². The molecule has 0 unspecified atom stereocenters. The van der Waals surface area contributed by atoms with Crippen molar-refractivity contribution in [2.24, 2.45) is 0 Å². The van der Waals surface area contributed by atoms with Gasteiger partial charge in [0.2, 0.25) is 5.43 Å². The fourth-order valence-corrected chi connectivity index (χ4v) is 1.82. The standard InChI is InChI=1S/C10H7BrClNO/c1-5-2-6-9(3-8(5)12)13-4-7(11)10(6)14/h2-4H,1H3,(H,13,14). The van der Waals surface area contributed by atoms with Gasteiger partial charge in [0.1, 0.15) is 0 Å². The highest BCUT2D eigenvalue weighted by Gasteiger charge is 2.04. The topological polar surface area (TPSA) is 32.9 Å². The summed E-state index contributed by atoms with van der Waals surface area (Å²) in [7, 11) is 0. The molecule has 2 aromatic rings. The first-order chi connectivity index (χ1) is 6.59. The summed E-state index contributed by atoms with van der Waals surface area (Å²) in [5.74, 6) is 0. The van der Waals surface area contributed by atoms with Crippen LogP contribution in [0.15, 0.2) is 27.6 Å². The van der Waals surface area contributed by atoms with E-state index in [1.165, 1.54) is 0 Å². The van der Waals surface area contributed by atoms with Crippen molar-refractivity contribution in [1.82, 2.24) is 4.98 Å². The number of hydrogen-bond acceptors (Lipinski definition) is 1. The number of aromatic nitrogens is 1. The zero-order chi connectivity index (χ0) is 10.3. The quantitative estimate of drug-likeness (QED) is 0.784. The summed E-state index contributed by atoms with van der Waals surface area (Å²) < 4.78 is 0.534. The van der Waals surface area contributed by atoms with Crippen molar-refractivity contribution in [3.63, 3.8) is 0 Å². The average molecular weight is 273 g/mol. The second-order valence-corrected chi connectivity index (χ2v) is 4.37. The summed E-state index contributed by atoms with van der Waals surface area (Å²) in [6.07, 6.45) is 1.62. The molecule has 0 fully saturated rings. The molecule has 0 aliphatic rings. The largest absolute Gasteiger partial charge is 0.360 e. The Morgan fingerprint density at radius 3 is 2.86 bits per heavy atom. The number of pyridine rings is 1. The zero-order valence-corrected chi connectivity index (χ0v) is 9.74. The first kappa shape index (κ1) is 9.74. The summed E-state index contributed by atoms with van der Waals surface area (Å²) in [5, 5.41) is 1.32. The van der Waals surface area contributed by atoms with E-state index in [1.54, 1.807) is 18.3 Å². The highest BCUT2D eigenvalue weighted by molar-refractivity contribution is 9.10. The number of aryl methyl sites for hydroxylation is 1. The van der Waals surface area contributed by atoms with Crippen LogP contribution in [0.5, 0.6) is 0 Å². The Morgan fingerprint density at radius 1 is 1.43 bits per heavy atom. The molecule has 1 N–H and O–H groups in total. The minimum atomic E-state index is -0.0153. The first-order valence-electron chi connectivity index (χ1n) is 4.06. The van der Waals surface area contributed by atoms with Gasteiger partial charge in [0, 0.05) is 16.6 Å². The van der Waals surface area contributed by atoms with Gasteiger partial charge in [-0.2, -0.15) is 0 Å². The number of rotatable bonds is 0. The van der Waals surface area contributed by atoms with Gasteiger partial charge in [-0.15, -0.1) is 0 Å². The molecule has 14 heavy (non-hydrogen) atoms. The number of aromatic amines is 1. The summed E-state index contributed by atoms with van der Waals surface area (Å²) in [4.78, 5) is 14.7. The number of benzene rings is 1. The maximum Gasteiger partial charge on any atom is 0.203 e. The number of nitrogens with one attached hydrogen (secondary N) is 1. The molecule has 0 saturated heterocycles. The van der Waals surface area contributed by atoms with Crippen LogP contribution in [0, 0.1) is 6.92 Å². The van der Waals surface area contributed by atoms with E-state index in [9.17, 15) is 4.79 Å². The molecule has 0 spiro atoms. The van der Waals surface area contributed by atoms with Gasteiger partial charge in [0.15, 0.2) is 0 Å². The third kappa shape index (κ3) is 1.47. The van der Waals surface area contributed by atoms with Gasteiger partial charge < -0.3 is 4.98 Å². The van der Waals surface area contributed by atoms with Gasteiger partial charge in [0.25, 0.3) is 0 Å². The fraction of sp³-hybridized carbons (Fsp3) is 0.100. The molecule has 2 rings (SSSR count). The van der Waals surface area contributed by atoms with Crippen molar-refractivity contribution in [1.29, 1.82) is 0 Å². The van der Waals surface area contributed by atoms with E-state index in [0.29, 0.717) is 14.9 Å². The molecule has 1 aromatic carbocycles. The molecule has 1 heterocycles. The highest BCUT2D eigenvalue weighted by atomic mass is 79.9. The van der Waals surface area contributed by atoms with Gasteiger partial charge in [0.05, 0.1) is 9.99 Å². The first-order valence-corrected chi connectivity index (χ1v) is 5.24. The maximum absolute atomic E-state index is 11.7. The van der Waals surface area contributed by atoms with E-state index in [1.807, 2.05) is 6.92 Å². The number of H-pyrrole nitrogens is 1. The number of halogens is 2. The predicted molar refractivity (Wildman–Crippen MR) is 62.0 cm³/mol. The van der Waals surface area contributed by atoms with E-state index in [-0.39, 0.29) is 5.43 Å². The number of fused-ring (bicyclic) bond motifs is 1. The smallest absolute Gasteiger partial charge is 0.203 e. The summed E-state index contributed by atoms with van der Waals surface area (Å²) >= 11 is 9.13. The van der Waals surface area contributed by atoms with E-state index < -0.39 is 0 Å². The minimum absolute atomic E-state index is 0.0153. The van der Waals surface area contributed by atoms with Crippen molar-refractivity contribution in [2.75, 3.05) is 0 Å². The molecule has 0 atom stereocenters. The van der Waals surface area contributed by atoms with Crippen LogP contribution in [0.4, 0.5) is 0 Å². The van der Waals surface area contributed by atoms with Crippen LogP contribution < -0.4 is 5.43 Å². The second-order valence-electron chi connectivity index (χ2n) is 3.11. The molecule has 0 aliphatic carbocycles. The molecule has 2 nitrogen and oxygen atoms in total. The lowest BCUT2D eigenvalue weighted by molar-refractivity contribution is 1.35.